The monoisotopic (exact) mass is 272 g/mol. The van der Waals surface area contributed by atoms with E-state index in [1.807, 2.05) is 24.3 Å². The zero-order chi connectivity index (χ0) is 12.3. The number of hydrogen-bond acceptors (Lipinski definition) is 3. The molecule has 2 nitrogen and oxygen atoms in total. The van der Waals surface area contributed by atoms with E-state index in [0.29, 0.717) is 6.61 Å². The van der Waals surface area contributed by atoms with Crippen molar-refractivity contribution in [3.63, 3.8) is 0 Å². The minimum atomic E-state index is -0.638. The second-order valence-electron chi connectivity index (χ2n) is 4.14. The van der Waals surface area contributed by atoms with Gasteiger partial charge >= 0.3 is 0 Å². The maximum atomic E-state index is 10.1. The van der Waals surface area contributed by atoms with E-state index in [1.165, 1.54) is 0 Å². The smallest absolute Gasteiger partial charge is 0.126 e. The predicted octanol–water partition coefficient (Wildman–Crippen LogP) is 3.58. The molecule has 0 radical (unpaired) electrons. The van der Waals surface area contributed by atoms with Crippen LogP contribution >= 0.6 is 23.4 Å². The molecule has 1 N–H and O–H groups in total. The van der Waals surface area contributed by atoms with Gasteiger partial charge in [-0.3, -0.25) is 0 Å². The first-order valence-corrected chi connectivity index (χ1v) is 7.25. The van der Waals surface area contributed by atoms with E-state index < -0.39 is 6.10 Å². The van der Waals surface area contributed by atoms with Gasteiger partial charge in [-0.05, 0) is 18.1 Å². The van der Waals surface area contributed by atoms with Crippen molar-refractivity contribution in [2.45, 2.75) is 41.6 Å². The third-order valence-corrected chi connectivity index (χ3v) is 4.73. The van der Waals surface area contributed by atoms with E-state index in [4.69, 9.17) is 16.3 Å². The summed E-state index contributed by atoms with van der Waals surface area (Å²) in [6.45, 7) is 2.83. The van der Waals surface area contributed by atoms with Crippen molar-refractivity contribution in [1.29, 1.82) is 0 Å². The molecule has 1 aliphatic rings. The molecule has 1 aromatic carbocycles. The lowest BCUT2D eigenvalue weighted by Crippen LogP contribution is -2.31. The number of benzene rings is 1. The van der Waals surface area contributed by atoms with Crippen LogP contribution in [0.1, 0.15) is 31.4 Å². The zero-order valence-corrected chi connectivity index (χ0v) is 11.4. The SMILES string of the molecule is CCCCOC1Sc2ccccc2C(O)C1Cl. The number of rotatable bonds is 4. The number of aliphatic hydroxyl groups is 1. The Balaban J connectivity index is 2.08. The van der Waals surface area contributed by atoms with Gasteiger partial charge in [0, 0.05) is 11.5 Å². The summed E-state index contributed by atoms with van der Waals surface area (Å²) in [7, 11) is 0. The number of halogens is 1. The van der Waals surface area contributed by atoms with Gasteiger partial charge in [0.05, 0.1) is 11.5 Å². The third kappa shape index (κ3) is 2.97. The first kappa shape index (κ1) is 13.2. The van der Waals surface area contributed by atoms with Gasteiger partial charge in [0.15, 0.2) is 0 Å². The lowest BCUT2D eigenvalue weighted by Gasteiger charge is -2.32. The van der Waals surface area contributed by atoms with Crippen LogP contribution in [0.15, 0.2) is 29.2 Å². The standard InChI is InChI=1S/C13H17ClO2S/c1-2-3-8-16-13-11(14)12(15)9-6-4-5-7-10(9)17-13/h4-7,11-13,15H,2-3,8H2,1H3. The van der Waals surface area contributed by atoms with Crippen molar-refractivity contribution >= 4 is 23.4 Å². The lowest BCUT2D eigenvalue weighted by molar-refractivity contribution is 0.0604. The third-order valence-electron chi connectivity index (χ3n) is 2.82. The Bertz CT molecular complexity index is 372. The summed E-state index contributed by atoms with van der Waals surface area (Å²) in [4.78, 5) is 1.07. The number of unbranched alkanes of at least 4 members (excludes halogenated alkanes) is 1. The summed E-state index contributed by atoms with van der Waals surface area (Å²) in [6, 6.07) is 7.81. The topological polar surface area (TPSA) is 29.5 Å². The summed E-state index contributed by atoms with van der Waals surface area (Å²) in [5.41, 5.74) is 0.751. The van der Waals surface area contributed by atoms with Gasteiger partial charge < -0.3 is 9.84 Å². The molecule has 0 aliphatic carbocycles. The van der Waals surface area contributed by atoms with E-state index in [1.54, 1.807) is 11.8 Å². The molecule has 0 spiro atoms. The maximum Gasteiger partial charge on any atom is 0.126 e. The average Bonchev–Trinajstić information content (AvgIpc) is 2.35. The van der Waals surface area contributed by atoms with Crippen molar-refractivity contribution in [2.75, 3.05) is 6.61 Å². The zero-order valence-electron chi connectivity index (χ0n) is 9.80. The molecule has 1 heterocycles. The molecule has 0 aromatic heterocycles. The minimum Gasteiger partial charge on any atom is -0.387 e. The Morgan fingerprint density at radius 2 is 2.18 bits per heavy atom. The highest BCUT2D eigenvalue weighted by Gasteiger charge is 2.35. The van der Waals surface area contributed by atoms with Crippen LogP contribution in [-0.4, -0.2) is 22.5 Å². The van der Waals surface area contributed by atoms with Crippen LogP contribution in [0.2, 0.25) is 0 Å². The Morgan fingerprint density at radius 1 is 1.41 bits per heavy atom. The van der Waals surface area contributed by atoms with E-state index in [-0.39, 0.29) is 10.8 Å². The molecular weight excluding hydrogens is 256 g/mol. The Hall–Kier alpha value is -0.220. The Kier molecular flexibility index (Phi) is 4.74. The molecule has 1 aliphatic heterocycles. The van der Waals surface area contributed by atoms with Gasteiger partial charge in [-0.1, -0.05) is 43.3 Å². The highest BCUT2D eigenvalue weighted by atomic mass is 35.5. The summed E-state index contributed by atoms with van der Waals surface area (Å²) in [5, 5.41) is 9.75. The molecule has 0 saturated carbocycles. The van der Waals surface area contributed by atoms with Crippen LogP contribution in [0.4, 0.5) is 0 Å². The number of alkyl halides is 1. The molecular formula is C13H17ClO2S. The van der Waals surface area contributed by atoms with E-state index >= 15 is 0 Å². The molecule has 3 unspecified atom stereocenters. The van der Waals surface area contributed by atoms with Crippen LogP contribution < -0.4 is 0 Å². The van der Waals surface area contributed by atoms with E-state index in [2.05, 4.69) is 6.92 Å². The maximum absolute atomic E-state index is 10.1. The molecule has 17 heavy (non-hydrogen) atoms. The summed E-state index contributed by atoms with van der Waals surface area (Å²) in [6.07, 6.45) is 1.49. The molecule has 0 amide bonds. The Labute approximate surface area is 111 Å². The summed E-state index contributed by atoms with van der Waals surface area (Å²) < 4.78 is 5.73. The Morgan fingerprint density at radius 3 is 2.94 bits per heavy atom. The largest absolute Gasteiger partial charge is 0.387 e. The number of thioether (sulfide) groups is 1. The lowest BCUT2D eigenvalue weighted by atomic mass is 10.1. The first-order valence-electron chi connectivity index (χ1n) is 5.93. The normalized spacial score (nSPS) is 27.8. The predicted molar refractivity (Wildman–Crippen MR) is 71.5 cm³/mol. The molecule has 2 rings (SSSR count). The van der Waals surface area contributed by atoms with E-state index in [0.717, 1.165) is 23.3 Å². The van der Waals surface area contributed by atoms with Gasteiger partial charge in [-0.15, -0.1) is 11.6 Å². The van der Waals surface area contributed by atoms with Crippen molar-refractivity contribution in [2.24, 2.45) is 0 Å². The molecule has 4 heteroatoms. The minimum absolute atomic E-state index is 0.159. The fourth-order valence-corrected chi connectivity index (χ4v) is 3.35. The second-order valence-corrected chi connectivity index (χ2v) is 5.78. The van der Waals surface area contributed by atoms with Gasteiger partial charge in [0.25, 0.3) is 0 Å². The van der Waals surface area contributed by atoms with Crippen LogP contribution in [0.25, 0.3) is 0 Å². The van der Waals surface area contributed by atoms with Gasteiger partial charge in [0.1, 0.15) is 5.44 Å². The van der Waals surface area contributed by atoms with Crippen molar-refractivity contribution in [3.8, 4) is 0 Å². The van der Waals surface area contributed by atoms with Gasteiger partial charge in [-0.25, -0.2) is 0 Å². The number of hydrogen-bond donors (Lipinski definition) is 1. The molecule has 94 valence electrons. The fraction of sp³-hybridized carbons (Fsp3) is 0.538. The molecule has 0 bridgehead atoms. The van der Waals surface area contributed by atoms with Crippen molar-refractivity contribution in [1.82, 2.24) is 0 Å². The highest BCUT2D eigenvalue weighted by molar-refractivity contribution is 8.00. The molecule has 0 fully saturated rings. The van der Waals surface area contributed by atoms with Crippen LogP contribution in [0, 0.1) is 0 Å². The van der Waals surface area contributed by atoms with Crippen LogP contribution in [0.5, 0.6) is 0 Å². The highest BCUT2D eigenvalue weighted by Crippen LogP contribution is 2.43. The van der Waals surface area contributed by atoms with E-state index in [9.17, 15) is 5.11 Å². The first-order chi connectivity index (χ1) is 8.24. The molecule has 0 saturated heterocycles. The van der Waals surface area contributed by atoms with Crippen molar-refractivity contribution < 1.29 is 9.84 Å². The number of aliphatic hydroxyl groups excluding tert-OH is 1. The summed E-state index contributed by atoms with van der Waals surface area (Å²) >= 11 is 7.85. The molecule has 1 aromatic rings. The fourth-order valence-electron chi connectivity index (χ4n) is 1.81. The molecule has 3 atom stereocenters. The van der Waals surface area contributed by atoms with Crippen LogP contribution in [-0.2, 0) is 4.74 Å². The number of ether oxygens (including phenoxy) is 1. The summed E-state index contributed by atoms with van der Waals surface area (Å²) in [5.74, 6) is 0. The quantitative estimate of drug-likeness (QED) is 0.671. The van der Waals surface area contributed by atoms with Gasteiger partial charge in [0.2, 0.25) is 0 Å². The average molecular weight is 273 g/mol. The number of fused-ring (bicyclic) bond motifs is 1. The van der Waals surface area contributed by atoms with Gasteiger partial charge in [-0.2, -0.15) is 0 Å². The van der Waals surface area contributed by atoms with Crippen molar-refractivity contribution in [3.05, 3.63) is 29.8 Å². The van der Waals surface area contributed by atoms with Crippen LogP contribution in [0.3, 0.4) is 0 Å². The second kappa shape index (κ2) is 6.10.